The predicted molar refractivity (Wildman–Crippen MR) is 121 cm³/mol. The second kappa shape index (κ2) is 7.22. The Morgan fingerprint density at radius 1 is 1.00 bits per heavy atom. The van der Waals surface area contributed by atoms with Gasteiger partial charge in [-0.2, -0.15) is 0 Å². The third-order valence-corrected chi connectivity index (χ3v) is 6.56. The fraction of sp³-hybridized carbons (Fsp3) is 0.400. The number of aryl methyl sites for hydroxylation is 1. The molecule has 6 heteroatoms. The average molecular weight is 420 g/mol. The minimum absolute atomic E-state index is 0.0757. The van der Waals surface area contributed by atoms with E-state index in [2.05, 4.69) is 57.4 Å². The lowest BCUT2D eigenvalue weighted by Crippen LogP contribution is -2.34. The van der Waals surface area contributed by atoms with Gasteiger partial charge in [0.05, 0.1) is 12.8 Å². The maximum absolute atomic E-state index is 11.9. The highest BCUT2D eigenvalue weighted by molar-refractivity contribution is 6.13. The van der Waals surface area contributed by atoms with Crippen molar-refractivity contribution in [2.75, 3.05) is 7.11 Å². The number of carbonyl (C=O) groups is 2. The summed E-state index contributed by atoms with van der Waals surface area (Å²) in [5.41, 5.74) is 6.57. The van der Waals surface area contributed by atoms with E-state index in [-0.39, 0.29) is 16.5 Å². The van der Waals surface area contributed by atoms with Crippen molar-refractivity contribution in [2.45, 2.75) is 58.3 Å². The van der Waals surface area contributed by atoms with Gasteiger partial charge in [-0.05, 0) is 71.6 Å². The number of pyridine rings is 1. The maximum atomic E-state index is 11.9. The molecule has 2 heterocycles. The van der Waals surface area contributed by atoms with Gasteiger partial charge in [0.1, 0.15) is 17.1 Å². The molecule has 1 aliphatic heterocycles. The molecule has 1 aromatic carbocycles. The van der Waals surface area contributed by atoms with Gasteiger partial charge in [0.25, 0.3) is 5.91 Å². The van der Waals surface area contributed by atoms with E-state index < -0.39 is 11.9 Å². The third-order valence-electron chi connectivity index (χ3n) is 6.56. The number of imide groups is 1. The highest BCUT2D eigenvalue weighted by Crippen LogP contribution is 2.48. The number of hydrogen-bond acceptors (Lipinski definition) is 4. The molecule has 31 heavy (non-hydrogen) atoms. The fourth-order valence-corrected chi connectivity index (χ4v) is 4.51. The molecule has 4 rings (SSSR count). The Kier molecular flexibility index (Phi) is 4.91. The fourth-order valence-electron chi connectivity index (χ4n) is 4.51. The molecular formula is C25H29N3O3. The highest BCUT2D eigenvalue weighted by Gasteiger charge is 2.37. The van der Waals surface area contributed by atoms with E-state index in [1.807, 2.05) is 6.07 Å². The van der Waals surface area contributed by atoms with Crippen LogP contribution in [0.15, 0.2) is 30.0 Å². The molecule has 0 unspecified atom stereocenters. The van der Waals surface area contributed by atoms with Crippen LogP contribution < -0.4 is 15.4 Å². The summed E-state index contributed by atoms with van der Waals surface area (Å²) >= 11 is 0. The molecule has 0 saturated carbocycles. The van der Waals surface area contributed by atoms with Crippen LogP contribution in [-0.2, 0) is 15.6 Å². The normalized spacial score (nSPS) is 20.3. The lowest BCUT2D eigenvalue weighted by atomic mass is 9.62. The van der Waals surface area contributed by atoms with Gasteiger partial charge in [-0.1, -0.05) is 33.8 Å². The zero-order valence-electron chi connectivity index (χ0n) is 19.0. The molecule has 1 aromatic heterocycles. The van der Waals surface area contributed by atoms with Gasteiger partial charge in [-0.15, -0.1) is 0 Å². The summed E-state index contributed by atoms with van der Waals surface area (Å²) < 4.78 is 5.62. The van der Waals surface area contributed by atoms with Crippen LogP contribution in [0.5, 0.6) is 5.75 Å². The van der Waals surface area contributed by atoms with E-state index in [1.165, 1.54) is 11.1 Å². The number of methoxy groups -OCH3 is 1. The van der Waals surface area contributed by atoms with Crippen LogP contribution in [-0.4, -0.2) is 24.0 Å². The summed E-state index contributed by atoms with van der Waals surface area (Å²) in [6, 6.07) is 7.64. The van der Waals surface area contributed by atoms with Gasteiger partial charge in [0.2, 0.25) is 0 Å². The Hall–Kier alpha value is -3.15. The number of aromatic nitrogens is 1. The number of nitrogens with zero attached hydrogens (tertiary/aromatic N) is 1. The summed E-state index contributed by atoms with van der Waals surface area (Å²) in [7, 11) is 1.63. The lowest BCUT2D eigenvalue weighted by Gasteiger charge is -2.42. The second-order valence-electron chi connectivity index (χ2n) is 9.73. The van der Waals surface area contributed by atoms with Gasteiger partial charge >= 0.3 is 6.03 Å². The first-order chi connectivity index (χ1) is 14.5. The first-order valence-electron chi connectivity index (χ1n) is 10.6. The zero-order chi connectivity index (χ0) is 22.6. The Bertz CT molecular complexity index is 1130. The summed E-state index contributed by atoms with van der Waals surface area (Å²) in [6.45, 7) is 11.3. The van der Waals surface area contributed by atoms with Crippen molar-refractivity contribution < 1.29 is 14.3 Å². The molecule has 1 aliphatic carbocycles. The Labute approximate surface area is 183 Å². The number of rotatable bonds is 3. The number of benzene rings is 1. The standard InChI is InChI=1S/C25H29N3O3/c1-14-11-17-18(25(4,5)10-9-24(17,2)3)13-16(14)21-20(31-6)8-7-15(26-21)12-19-22(29)28-23(30)27-19/h7-8,11-13H,9-10H2,1-6H3,(H2,27,28,29,30)/b19-12-. The van der Waals surface area contributed by atoms with Crippen molar-refractivity contribution in [3.8, 4) is 17.0 Å². The molecule has 162 valence electrons. The Morgan fingerprint density at radius 3 is 2.23 bits per heavy atom. The molecule has 3 amide bonds. The molecule has 1 fully saturated rings. The molecule has 2 aliphatic rings. The van der Waals surface area contributed by atoms with Gasteiger partial charge in [0, 0.05) is 5.56 Å². The van der Waals surface area contributed by atoms with Gasteiger partial charge in [-0.25, -0.2) is 9.78 Å². The van der Waals surface area contributed by atoms with Crippen molar-refractivity contribution in [1.82, 2.24) is 15.6 Å². The zero-order valence-corrected chi connectivity index (χ0v) is 19.0. The summed E-state index contributed by atoms with van der Waals surface area (Å²) in [6.07, 6.45) is 3.86. The monoisotopic (exact) mass is 419 g/mol. The van der Waals surface area contributed by atoms with E-state index in [0.29, 0.717) is 11.4 Å². The van der Waals surface area contributed by atoms with Crippen LogP contribution in [0.1, 0.15) is 62.9 Å². The molecule has 0 bridgehead atoms. The topological polar surface area (TPSA) is 80.3 Å². The van der Waals surface area contributed by atoms with Crippen molar-refractivity contribution in [3.63, 3.8) is 0 Å². The highest BCUT2D eigenvalue weighted by atomic mass is 16.5. The second-order valence-corrected chi connectivity index (χ2v) is 9.73. The van der Waals surface area contributed by atoms with Crippen LogP contribution in [0.4, 0.5) is 4.79 Å². The number of fused-ring (bicyclic) bond motifs is 1. The molecule has 0 spiro atoms. The van der Waals surface area contributed by atoms with Crippen LogP contribution >= 0.6 is 0 Å². The van der Waals surface area contributed by atoms with E-state index in [1.54, 1.807) is 19.3 Å². The quantitative estimate of drug-likeness (QED) is 0.563. The minimum atomic E-state index is -0.527. The number of amides is 3. The van der Waals surface area contributed by atoms with Crippen LogP contribution in [0.3, 0.4) is 0 Å². The van der Waals surface area contributed by atoms with Crippen LogP contribution in [0, 0.1) is 6.92 Å². The van der Waals surface area contributed by atoms with Crippen molar-refractivity contribution >= 4 is 18.0 Å². The number of carbonyl (C=O) groups excluding carboxylic acids is 2. The van der Waals surface area contributed by atoms with E-state index in [0.717, 1.165) is 29.7 Å². The van der Waals surface area contributed by atoms with Gasteiger partial charge < -0.3 is 10.1 Å². The molecule has 6 nitrogen and oxygen atoms in total. The number of urea groups is 1. The van der Waals surface area contributed by atoms with E-state index in [4.69, 9.17) is 9.72 Å². The van der Waals surface area contributed by atoms with Gasteiger partial charge in [0.15, 0.2) is 0 Å². The van der Waals surface area contributed by atoms with Crippen LogP contribution in [0.2, 0.25) is 0 Å². The molecule has 2 aromatic rings. The maximum Gasteiger partial charge on any atom is 0.326 e. The smallest absolute Gasteiger partial charge is 0.326 e. The van der Waals surface area contributed by atoms with Crippen molar-refractivity contribution in [1.29, 1.82) is 0 Å². The summed E-state index contributed by atoms with van der Waals surface area (Å²) in [5.74, 6) is 0.205. The molecular weight excluding hydrogens is 390 g/mol. The minimum Gasteiger partial charge on any atom is -0.494 e. The van der Waals surface area contributed by atoms with Gasteiger partial charge in [-0.3, -0.25) is 10.1 Å². The summed E-state index contributed by atoms with van der Waals surface area (Å²) in [5, 5.41) is 4.71. The molecule has 0 radical (unpaired) electrons. The predicted octanol–water partition coefficient (Wildman–Crippen LogP) is 4.59. The summed E-state index contributed by atoms with van der Waals surface area (Å²) in [4.78, 5) is 28.1. The number of nitrogens with one attached hydrogen (secondary N) is 2. The Morgan fingerprint density at radius 2 is 1.65 bits per heavy atom. The Balaban J connectivity index is 1.87. The lowest BCUT2D eigenvalue weighted by molar-refractivity contribution is -0.115. The molecule has 1 saturated heterocycles. The van der Waals surface area contributed by atoms with E-state index in [9.17, 15) is 9.59 Å². The van der Waals surface area contributed by atoms with Crippen molar-refractivity contribution in [2.24, 2.45) is 0 Å². The molecule has 2 N–H and O–H groups in total. The van der Waals surface area contributed by atoms with E-state index >= 15 is 0 Å². The number of hydrogen-bond donors (Lipinski definition) is 2. The first-order valence-corrected chi connectivity index (χ1v) is 10.6. The third kappa shape index (κ3) is 3.71. The SMILES string of the molecule is COc1ccc(/C=C2\NC(=O)NC2=O)nc1-c1cc2c(cc1C)C(C)(C)CCC2(C)C. The first kappa shape index (κ1) is 21.1. The van der Waals surface area contributed by atoms with Crippen LogP contribution in [0.25, 0.3) is 17.3 Å². The average Bonchev–Trinajstić information content (AvgIpc) is 3.02. The number of ether oxygens (including phenoxy) is 1. The largest absolute Gasteiger partial charge is 0.494 e. The van der Waals surface area contributed by atoms with Crippen molar-refractivity contribution in [3.05, 3.63) is 52.3 Å². The molecule has 0 atom stereocenters.